The summed E-state index contributed by atoms with van der Waals surface area (Å²) < 4.78 is 0. The maximum atomic E-state index is 10.6. The summed E-state index contributed by atoms with van der Waals surface area (Å²) in [5, 5.41) is 11.5. The molecule has 0 fully saturated rings. The minimum absolute atomic E-state index is 0. The molecule has 0 aromatic heterocycles. The van der Waals surface area contributed by atoms with Gasteiger partial charge in [-0.1, -0.05) is 18.2 Å². The van der Waals surface area contributed by atoms with E-state index in [1.54, 1.807) is 12.1 Å². The van der Waals surface area contributed by atoms with Crippen molar-refractivity contribution in [3.05, 3.63) is 30.3 Å². The Kier molecular flexibility index (Phi) is 7.99. The zero-order chi connectivity index (χ0) is 9.68. The van der Waals surface area contributed by atoms with Crippen LogP contribution in [0.1, 0.15) is 0 Å². The van der Waals surface area contributed by atoms with Crippen LogP contribution in [-0.4, -0.2) is 22.9 Å². The van der Waals surface area contributed by atoms with Gasteiger partial charge in [0.1, 0.15) is 6.04 Å². The van der Waals surface area contributed by atoms with Crippen molar-refractivity contribution in [1.82, 2.24) is 0 Å². The smallest absolute Gasteiger partial charge is 0.790 e. The number of hydrogen-bond acceptors (Lipinski definition) is 3. The Morgan fingerprint density at radius 2 is 2.00 bits per heavy atom. The molecule has 1 atom stereocenters. The van der Waals surface area contributed by atoms with Crippen molar-refractivity contribution < 1.29 is 61.3 Å². The molecule has 0 aliphatic rings. The fraction of sp³-hybridized carbons (Fsp3) is 0.222. The quantitative estimate of drug-likeness (QED) is 0.473. The zero-order valence-electron chi connectivity index (χ0n) is 7.93. The number of benzene rings is 1. The average Bonchev–Trinajstić information content (AvgIpc) is 2.15. The summed E-state index contributed by atoms with van der Waals surface area (Å²) in [5.41, 5.74) is 0.778. The molecule has 1 rings (SSSR count). The number of anilines is 1. The van der Waals surface area contributed by atoms with E-state index in [-0.39, 0.29) is 57.1 Å². The number of aliphatic carboxylic acids is 1. The number of hydrogen-bond donors (Lipinski definition) is 2. The van der Waals surface area contributed by atoms with Crippen molar-refractivity contribution in [3.63, 3.8) is 0 Å². The van der Waals surface area contributed by atoms with Gasteiger partial charge in [0.05, 0.1) is 0 Å². The van der Waals surface area contributed by atoms with Crippen LogP contribution in [0.15, 0.2) is 30.3 Å². The molecule has 0 spiro atoms. The van der Waals surface area contributed by atoms with Gasteiger partial charge in [0.15, 0.2) is 0 Å². The maximum Gasteiger partial charge on any atom is 1.00 e. The molecule has 0 aliphatic carbocycles. The van der Waals surface area contributed by atoms with E-state index in [1.807, 2.05) is 18.2 Å². The van der Waals surface area contributed by atoms with Crippen molar-refractivity contribution in [2.75, 3.05) is 11.1 Å². The van der Waals surface area contributed by atoms with Gasteiger partial charge in [0, 0.05) is 5.69 Å². The van der Waals surface area contributed by atoms with Gasteiger partial charge < -0.3 is 23.1 Å². The van der Waals surface area contributed by atoms with Gasteiger partial charge in [-0.05, 0) is 12.1 Å². The predicted octanol–water partition coefficient (Wildman–Crippen LogP) is -1.90. The summed E-state index contributed by atoms with van der Waals surface area (Å²) >= 11 is 4.71. The van der Waals surface area contributed by atoms with E-state index < -0.39 is 12.0 Å². The Morgan fingerprint density at radius 3 is 2.43 bits per heavy atom. The molecule has 0 heterocycles. The fourth-order valence-corrected chi connectivity index (χ4v) is 1.14. The van der Waals surface area contributed by atoms with Gasteiger partial charge in [-0.25, -0.2) is 0 Å². The second-order valence-corrected chi connectivity index (χ2v) is 2.90. The van der Waals surface area contributed by atoms with E-state index in [1.165, 1.54) is 0 Å². The first-order valence-corrected chi connectivity index (χ1v) is 4.44. The van der Waals surface area contributed by atoms with E-state index in [0.29, 0.717) is 0 Å². The molecular formula is C9H10KNO2S. The molecule has 70 valence electrons. The van der Waals surface area contributed by atoms with Crippen molar-refractivity contribution in [3.8, 4) is 0 Å². The fourth-order valence-electron chi connectivity index (χ4n) is 0.910. The first kappa shape index (κ1) is 14.5. The van der Waals surface area contributed by atoms with E-state index in [4.69, 9.17) is 17.7 Å². The van der Waals surface area contributed by atoms with Crippen LogP contribution in [-0.2, 0) is 17.4 Å². The SMILES string of the molecule is O=C(O)C(C[S-])Nc1ccccc1.[K+]. The molecule has 14 heavy (non-hydrogen) atoms. The molecule has 1 unspecified atom stereocenters. The molecule has 3 nitrogen and oxygen atoms in total. The van der Waals surface area contributed by atoms with Gasteiger partial charge in [-0.2, -0.15) is 0 Å². The summed E-state index contributed by atoms with van der Waals surface area (Å²) in [6.07, 6.45) is 0. The van der Waals surface area contributed by atoms with E-state index in [9.17, 15) is 4.79 Å². The monoisotopic (exact) mass is 235 g/mol. The molecule has 1 aromatic carbocycles. The van der Waals surface area contributed by atoms with Crippen molar-refractivity contribution in [2.45, 2.75) is 6.04 Å². The molecule has 0 radical (unpaired) electrons. The van der Waals surface area contributed by atoms with Crippen LogP contribution in [0.3, 0.4) is 0 Å². The first-order chi connectivity index (χ1) is 6.24. The summed E-state index contributed by atoms with van der Waals surface area (Å²) in [6, 6.07) is 8.48. The summed E-state index contributed by atoms with van der Waals surface area (Å²) in [7, 11) is 0. The standard InChI is InChI=1S/C9H11NO2S.K/c11-9(12)8(6-13)10-7-4-2-1-3-5-7;/h1-5,8,10,13H,6H2,(H,11,12);/q;+1/p-1. The van der Waals surface area contributed by atoms with E-state index in [0.717, 1.165) is 5.69 Å². The molecule has 5 heteroatoms. The van der Waals surface area contributed by atoms with Gasteiger partial charge in [-0.15, -0.1) is 5.75 Å². The van der Waals surface area contributed by atoms with Crippen molar-refractivity contribution in [1.29, 1.82) is 0 Å². The third kappa shape index (κ3) is 4.81. The molecule has 1 aromatic rings. The predicted molar refractivity (Wildman–Crippen MR) is 53.7 cm³/mol. The maximum absolute atomic E-state index is 10.6. The van der Waals surface area contributed by atoms with Crippen LogP contribution < -0.4 is 56.7 Å². The summed E-state index contributed by atoms with van der Waals surface area (Å²) in [5.74, 6) is -0.761. The normalized spacial score (nSPS) is 11.2. The van der Waals surface area contributed by atoms with E-state index in [2.05, 4.69) is 5.32 Å². The number of nitrogens with one attached hydrogen (secondary N) is 1. The average molecular weight is 235 g/mol. The van der Waals surface area contributed by atoms with Crippen molar-refractivity contribution >= 4 is 24.3 Å². The third-order valence-corrected chi connectivity index (χ3v) is 1.91. The zero-order valence-corrected chi connectivity index (χ0v) is 11.9. The van der Waals surface area contributed by atoms with Gasteiger partial charge >= 0.3 is 57.4 Å². The van der Waals surface area contributed by atoms with Crippen LogP contribution in [0.4, 0.5) is 5.69 Å². The Hall–Kier alpha value is 0.476. The minimum atomic E-state index is -0.918. The Bertz CT molecular complexity index is 281. The molecule has 0 bridgehead atoms. The topological polar surface area (TPSA) is 49.3 Å². The number of carboxylic acid groups (broad SMARTS) is 1. The van der Waals surface area contributed by atoms with Crippen LogP contribution in [0.25, 0.3) is 0 Å². The van der Waals surface area contributed by atoms with Gasteiger partial charge in [0.25, 0.3) is 0 Å². The second-order valence-electron chi connectivity index (χ2n) is 2.57. The molecule has 0 aliphatic heterocycles. The molecular weight excluding hydrogens is 225 g/mol. The number of rotatable bonds is 4. The van der Waals surface area contributed by atoms with Gasteiger partial charge in [-0.3, -0.25) is 4.79 Å². The summed E-state index contributed by atoms with van der Waals surface area (Å²) in [4.78, 5) is 10.6. The molecule has 0 amide bonds. The number of carbonyl (C=O) groups is 1. The first-order valence-electron chi connectivity index (χ1n) is 3.86. The molecule has 0 saturated carbocycles. The van der Waals surface area contributed by atoms with Crippen LogP contribution in [0.2, 0.25) is 0 Å². The van der Waals surface area contributed by atoms with E-state index >= 15 is 0 Å². The largest absolute Gasteiger partial charge is 1.00 e. The second kappa shape index (κ2) is 7.73. The minimum Gasteiger partial charge on any atom is -0.790 e. The third-order valence-electron chi connectivity index (χ3n) is 1.58. The Balaban J connectivity index is 0.00000169. The van der Waals surface area contributed by atoms with Crippen molar-refractivity contribution in [2.24, 2.45) is 0 Å². The van der Waals surface area contributed by atoms with Crippen LogP contribution >= 0.6 is 0 Å². The molecule has 2 N–H and O–H groups in total. The summed E-state index contributed by atoms with van der Waals surface area (Å²) in [6.45, 7) is 0. The van der Waals surface area contributed by atoms with Gasteiger partial charge in [0.2, 0.25) is 0 Å². The molecule has 0 saturated heterocycles. The number of para-hydroxylation sites is 1. The number of carboxylic acids is 1. The Morgan fingerprint density at radius 1 is 1.43 bits per heavy atom. The van der Waals surface area contributed by atoms with Crippen LogP contribution in [0, 0.1) is 0 Å². The Labute approximate surface area is 131 Å². The van der Waals surface area contributed by atoms with Crippen LogP contribution in [0.5, 0.6) is 0 Å².